The molecule has 1 N–H and O–H groups in total. The standard InChI is InChI=1S/C17H29N/c1-6-8-9-14-10-12-15(13-11-14)16(18-5)17(3,4)7-2/h10-13,16,18H,6-9H2,1-5H3. The van der Waals surface area contributed by atoms with Crippen molar-refractivity contribution in [1.29, 1.82) is 0 Å². The second-order valence-electron chi connectivity index (χ2n) is 5.91. The Morgan fingerprint density at radius 2 is 1.72 bits per heavy atom. The quantitative estimate of drug-likeness (QED) is 0.734. The van der Waals surface area contributed by atoms with E-state index >= 15 is 0 Å². The number of hydrogen-bond acceptors (Lipinski definition) is 1. The summed E-state index contributed by atoms with van der Waals surface area (Å²) >= 11 is 0. The van der Waals surface area contributed by atoms with E-state index in [1.165, 1.54) is 36.8 Å². The third-order valence-corrected chi connectivity index (χ3v) is 4.11. The Balaban J connectivity index is 2.82. The van der Waals surface area contributed by atoms with Crippen LogP contribution in [-0.4, -0.2) is 7.05 Å². The van der Waals surface area contributed by atoms with Crippen LogP contribution >= 0.6 is 0 Å². The van der Waals surface area contributed by atoms with Gasteiger partial charge in [0.05, 0.1) is 0 Å². The van der Waals surface area contributed by atoms with Crippen LogP contribution in [-0.2, 0) is 6.42 Å². The molecule has 0 spiro atoms. The highest BCUT2D eigenvalue weighted by Crippen LogP contribution is 2.35. The van der Waals surface area contributed by atoms with Gasteiger partial charge in [-0.3, -0.25) is 0 Å². The maximum absolute atomic E-state index is 3.47. The van der Waals surface area contributed by atoms with Gasteiger partial charge < -0.3 is 5.32 Å². The summed E-state index contributed by atoms with van der Waals surface area (Å²) in [6.45, 7) is 9.17. The number of rotatable bonds is 7. The largest absolute Gasteiger partial charge is 0.313 e. The molecule has 1 heteroatoms. The van der Waals surface area contributed by atoms with Crippen molar-refractivity contribution in [3.8, 4) is 0 Å². The van der Waals surface area contributed by atoms with Crippen LogP contribution in [0.5, 0.6) is 0 Å². The van der Waals surface area contributed by atoms with Gasteiger partial charge in [0.2, 0.25) is 0 Å². The molecule has 0 aliphatic rings. The van der Waals surface area contributed by atoms with Crippen molar-refractivity contribution in [2.75, 3.05) is 7.05 Å². The first-order valence-electron chi connectivity index (χ1n) is 7.31. The van der Waals surface area contributed by atoms with Gasteiger partial charge >= 0.3 is 0 Å². The number of nitrogens with one attached hydrogen (secondary N) is 1. The summed E-state index contributed by atoms with van der Waals surface area (Å²) in [7, 11) is 2.06. The Morgan fingerprint density at radius 3 is 2.17 bits per heavy atom. The summed E-state index contributed by atoms with van der Waals surface area (Å²) in [4.78, 5) is 0. The first-order valence-corrected chi connectivity index (χ1v) is 7.31. The van der Waals surface area contributed by atoms with Crippen molar-refractivity contribution in [2.45, 2.75) is 59.4 Å². The van der Waals surface area contributed by atoms with Gasteiger partial charge in [0.15, 0.2) is 0 Å². The Bertz CT molecular complexity index is 337. The van der Waals surface area contributed by atoms with Gasteiger partial charge in [-0.2, -0.15) is 0 Å². The first-order chi connectivity index (χ1) is 8.55. The van der Waals surface area contributed by atoms with Crippen molar-refractivity contribution in [3.05, 3.63) is 35.4 Å². The van der Waals surface area contributed by atoms with Gasteiger partial charge in [-0.15, -0.1) is 0 Å². The van der Waals surface area contributed by atoms with Gasteiger partial charge in [-0.25, -0.2) is 0 Å². The smallest absolute Gasteiger partial charge is 0.0369 e. The maximum atomic E-state index is 3.47. The number of benzene rings is 1. The molecular weight excluding hydrogens is 218 g/mol. The molecule has 0 radical (unpaired) electrons. The van der Waals surface area contributed by atoms with Gasteiger partial charge in [-0.05, 0) is 42.9 Å². The van der Waals surface area contributed by atoms with Crippen LogP contribution in [0.15, 0.2) is 24.3 Å². The molecule has 0 fully saturated rings. The van der Waals surface area contributed by atoms with Gasteiger partial charge in [0.1, 0.15) is 0 Å². The minimum Gasteiger partial charge on any atom is -0.313 e. The Morgan fingerprint density at radius 1 is 1.11 bits per heavy atom. The highest BCUT2D eigenvalue weighted by molar-refractivity contribution is 5.26. The van der Waals surface area contributed by atoms with E-state index in [1.807, 2.05) is 0 Å². The van der Waals surface area contributed by atoms with E-state index in [0.29, 0.717) is 11.5 Å². The summed E-state index contributed by atoms with van der Waals surface area (Å²) in [6, 6.07) is 9.61. The molecule has 0 bridgehead atoms. The second kappa shape index (κ2) is 6.94. The Hall–Kier alpha value is -0.820. The first kappa shape index (κ1) is 15.2. The van der Waals surface area contributed by atoms with Crippen molar-refractivity contribution in [1.82, 2.24) is 5.32 Å². The van der Waals surface area contributed by atoms with E-state index in [0.717, 1.165) is 0 Å². The SMILES string of the molecule is CCCCc1ccc(C(NC)C(C)(C)CC)cc1. The van der Waals surface area contributed by atoms with Crippen LogP contribution in [0.3, 0.4) is 0 Å². The number of hydrogen-bond donors (Lipinski definition) is 1. The predicted molar refractivity (Wildman–Crippen MR) is 80.9 cm³/mol. The van der Waals surface area contributed by atoms with Crippen LogP contribution in [0.1, 0.15) is 64.1 Å². The molecule has 1 rings (SSSR count). The van der Waals surface area contributed by atoms with Crippen LogP contribution < -0.4 is 5.32 Å². The molecular formula is C17H29N. The van der Waals surface area contributed by atoms with Crippen molar-refractivity contribution >= 4 is 0 Å². The zero-order valence-corrected chi connectivity index (χ0v) is 12.7. The Labute approximate surface area is 113 Å². The van der Waals surface area contributed by atoms with Crippen molar-refractivity contribution in [2.24, 2.45) is 5.41 Å². The van der Waals surface area contributed by atoms with Gasteiger partial charge in [-0.1, -0.05) is 58.4 Å². The fraction of sp³-hybridized carbons (Fsp3) is 0.647. The van der Waals surface area contributed by atoms with Crippen LogP contribution in [0, 0.1) is 5.41 Å². The maximum Gasteiger partial charge on any atom is 0.0369 e. The fourth-order valence-electron chi connectivity index (χ4n) is 2.47. The van der Waals surface area contributed by atoms with E-state index in [4.69, 9.17) is 0 Å². The average Bonchev–Trinajstić information content (AvgIpc) is 2.38. The lowest BCUT2D eigenvalue weighted by molar-refractivity contribution is 0.245. The minimum atomic E-state index is 0.291. The van der Waals surface area contributed by atoms with E-state index in [9.17, 15) is 0 Å². The minimum absolute atomic E-state index is 0.291. The zero-order valence-electron chi connectivity index (χ0n) is 12.7. The zero-order chi connectivity index (χ0) is 13.6. The van der Waals surface area contributed by atoms with Gasteiger partial charge in [0.25, 0.3) is 0 Å². The molecule has 1 aromatic carbocycles. The molecule has 18 heavy (non-hydrogen) atoms. The van der Waals surface area contributed by atoms with Crippen LogP contribution in [0.25, 0.3) is 0 Å². The predicted octanol–water partition coefficient (Wildman–Crippen LogP) is 4.73. The fourth-order valence-corrected chi connectivity index (χ4v) is 2.47. The molecule has 1 aromatic rings. The van der Waals surface area contributed by atoms with Crippen LogP contribution in [0.2, 0.25) is 0 Å². The highest BCUT2D eigenvalue weighted by atomic mass is 14.9. The summed E-state index contributed by atoms with van der Waals surface area (Å²) < 4.78 is 0. The van der Waals surface area contributed by atoms with E-state index < -0.39 is 0 Å². The highest BCUT2D eigenvalue weighted by Gasteiger charge is 2.27. The molecule has 0 aliphatic carbocycles. The molecule has 0 aliphatic heterocycles. The molecule has 0 amide bonds. The van der Waals surface area contributed by atoms with Crippen molar-refractivity contribution < 1.29 is 0 Å². The second-order valence-corrected chi connectivity index (χ2v) is 5.91. The summed E-state index contributed by atoms with van der Waals surface area (Å²) in [5, 5.41) is 3.47. The van der Waals surface area contributed by atoms with Crippen molar-refractivity contribution in [3.63, 3.8) is 0 Å². The summed E-state index contributed by atoms with van der Waals surface area (Å²) in [5.41, 5.74) is 3.16. The van der Waals surface area contributed by atoms with E-state index in [2.05, 4.69) is 64.3 Å². The third-order valence-electron chi connectivity index (χ3n) is 4.11. The lowest BCUT2D eigenvalue weighted by Crippen LogP contribution is -2.31. The third kappa shape index (κ3) is 3.84. The monoisotopic (exact) mass is 247 g/mol. The molecule has 102 valence electrons. The molecule has 0 saturated heterocycles. The normalized spacial score (nSPS) is 13.6. The average molecular weight is 247 g/mol. The van der Waals surface area contributed by atoms with E-state index in [-0.39, 0.29) is 0 Å². The van der Waals surface area contributed by atoms with Crippen LogP contribution in [0.4, 0.5) is 0 Å². The number of unbranched alkanes of at least 4 members (excludes halogenated alkanes) is 1. The summed E-state index contributed by atoms with van der Waals surface area (Å²) in [6.07, 6.45) is 4.94. The molecule has 0 aromatic heterocycles. The molecule has 0 heterocycles. The Kier molecular flexibility index (Phi) is 5.87. The lowest BCUT2D eigenvalue weighted by atomic mass is 9.78. The lowest BCUT2D eigenvalue weighted by Gasteiger charge is -2.33. The topological polar surface area (TPSA) is 12.0 Å². The molecule has 1 nitrogen and oxygen atoms in total. The number of aryl methyl sites for hydroxylation is 1. The summed E-state index contributed by atoms with van der Waals surface area (Å²) in [5.74, 6) is 0. The molecule has 0 saturated carbocycles. The van der Waals surface area contributed by atoms with Gasteiger partial charge in [0, 0.05) is 6.04 Å². The van der Waals surface area contributed by atoms with E-state index in [1.54, 1.807) is 0 Å². The molecule has 1 unspecified atom stereocenters. The molecule has 1 atom stereocenters.